The average molecular weight is 295 g/mol. The molecular formula is C14H15F2N3S. The minimum atomic E-state index is -0.608. The molecule has 0 fully saturated rings. The van der Waals surface area contributed by atoms with E-state index < -0.39 is 11.6 Å². The second-order valence-corrected chi connectivity index (χ2v) is 5.41. The maximum atomic E-state index is 13.7. The third-order valence-corrected chi connectivity index (χ3v) is 3.90. The number of nitrogen functional groups attached to an aromatic ring is 1. The van der Waals surface area contributed by atoms with Crippen molar-refractivity contribution in [3.8, 4) is 0 Å². The molecule has 2 rings (SSSR count). The third-order valence-electron chi connectivity index (χ3n) is 2.76. The summed E-state index contributed by atoms with van der Waals surface area (Å²) in [6, 6.07) is 3.47. The number of nitrogens with two attached hydrogens (primary N) is 1. The lowest BCUT2D eigenvalue weighted by Gasteiger charge is -2.09. The van der Waals surface area contributed by atoms with Gasteiger partial charge in [-0.3, -0.25) is 0 Å². The van der Waals surface area contributed by atoms with Crippen LogP contribution in [0, 0.1) is 18.6 Å². The summed E-state index contributed by atoms with van der Waals surface area (Å²) in [5.74, 6) is -0.171. The average Bonchev–Trinajstić information content (AvgIpc) is 2.39. The highest BCUT2D eigenvalue weighted by molar-refractivity contribution is 7.99. The summed E-state index contributed by atoms with van der Waals surface area (Å²) < 4.78 is 26.6. The van der Waals surface area contributed by atoms with Gasteiger partial charge in [-0.05, 0) is 25.5 Å². The van der Waals surface area contributed by atoms with Gasteiger partial charge in [0, 0.05) is 22.9 Å². The predicted octanol–water partition coefficient (Wildman–Crippen LogP) is 3.75. The topological polar surface area (TPSA) is 51.8 Å². The Labute approximate surface area is 120 Å². The van der Waals surface area contributed by atoms with Crippen molar-refractivity contribution < 1.29 is 8.78 Å². The molecule has 0 radical (unpaired) electrons. The Morgan fingerprint density at radius 1 is 1.25 bits per heavy atom. The summed E-state index contributed by atoms with van der Waals surface area (Å²) >= 11 is 1.13. The fraction of sp³-hybridized carbons (Fsp3) is 0.286. The molecule has 0 aliphatic carbocycles. The van der Waals surface area contributed by atoms with Crippen LogP contribution in [-0.2, 0) is 6.42 Å². The molecule has 2 N–H and O–H groups in total. The second kappa shape index (κ2) is 6.17. The summed E-state index contributed by atoms with van der Waals surface area (Å²) in [7, 11) is 0. The first-order valence-electron chi connectivity index (χ1n) is 6.27. The Bertz CT molecular complexity index is 632. The van der Waals surface area contributed by atoms with Gasteiger partial charge >= 0.3 is 0 Å². The lowest BCUT2D eigenvalue weighted by atomic mass is 10.3. The first-order valence-corrected chi connectivity index (χ1v) is 7.08. The number of nitrogens with zero attached hydrogens (tertiary/aromatic N) is 2. The van der Waals surface area contributed by atoms with Gasteiger partial charge in [-0.1, -0.05) is 18.7 Å². The van der Waals surface area contributed by atoms with E-state index in [0.29, 0.717) is 33.5 Å². The van der Waals surface area contributed by atoms with Crippen molar-refractivity contribution in [3.05, 3.63) is 41.2 Å². The molecule has 3 nitrogen and oxygen atoms in total. The summed E-state index contributed by atoms with van der Waals surface area (Å²) in [6.07, 6.45) is 1.61. The second-order valence-electron chi connectivity index (χ2n) is 4.38. The number of rotatable bonds is 4. The van der Waals surface area contributed by atoms with Gasteiger partial charge < -0.3 is 5.73 Å². The third kappa shape index (κ3) is 3.25. The molecule has 0 saturated heterocycles. The van der Waals surface area contributed by atoms with E-state index in [9.17, 15) is 8.78 Å². The largest absolute Gasteiger partial charge is 0.383 e. The van der Waals surface area contributed by atoms with Crippen LogP contribution in [0.4, 0.5) is 14.6 Å². The standard InChI is InChI=1S/C14H15F2N3S/c1-3-4-12-18-13(17)8(2)14(19-12)20-11-6-5-9(15)7-10(11)16/h5-7H,3-4H2,1-2H3,(H2,17,18,19). The maximum absolute atomic E-state index is 13.7. The van der Waals surface area contributed by atoms with Gasteiger partial charge in [0.25, 0.3) is 0 Å². The summed E-state index contributed by atoms with van der Waals surface area (Å²) in [6.45, 7) is 3.81. The minimum Gasteiger partial charge on any atom is -0.383 e. The van der Waals surface area contributed by atoms with E-state index in [1.165, 1.54) is 12.1 Å². The molecule has 6 heteroatoms. The molecule has 1 aromatic carbocycles. The molecule has 1 heterocycles. The van der Waals surface area contributed by atoms with Crippen LogP contribution in [-0.4, -0.2) is 9.97 Å². The van der Waals surface area contributed by atoms with Gasteiger partial charge in [0.05, 0.1) is 0 Å². The molecule has 1 aromatic heterocycles. The highest BCUT2D eigenvalue weighted by atomic mass is 32.2. The zero-order chi connectivity index (χ0) is 14.7. The molecule has 106 valence electrons. The van der Waals surface area contributed by atoms with Crippen molar-refractivity contribution in [3.63, 3.8) is 0 Å². The van der Waals surface area contributed by atoms with Crippen molar-refractivity contribution in [2.45, 2.75) is 36.6 Å². The molecule has 2 aromatic rings. The molecule has 20 heavy (non-hydrogen) atoms. The Morgan fingerprint density at radius 3 is 2.65 bits per heavy atom. The molecule has 0 aliphatic heterocycles. The number of halogens is 2. The highest BCUT2D eigenvalue weighted by Crippen LogP contribution is 2.32. The zero-order valence-corrected chi connectivity index (χ0v) is 12.1. The Morgan fingerprint density at radius 2 is 2.00 bits per heavy atom. The first-order chi connectivity index (χ1) is 9.51. The molecular weight excluding hydrogens is 280 g/mol. The monoisotopic (exact) mass is 295 g/mol. The van der Waals surface area contributed by atoms with Gasteiger partial charge in [-0.2, -0.15) is 0 Å². The smallest absolute Gasteiger partial charge is 0.140 e. The van der Waals surface area contributed by atoms with E-state index in [2.05, 4.69) is 9.97 Å². The van der Waals surface area contributed by atoms with Crippen LogP contribution < -0.4 is 5.73 Å². The predicted molar refractivity (Wildman–Crippen MR) is 75.7 cm³/mol. The normalized spacial score (nSPS) is 10.8. The maximum Gasteiger partial charge on any atom is 0.140 e. The van der Waals surface area contributed by atoms with Crippen molar-refractivity contribution in [2.24, 2.45) is 0 Å². The van der Waals surface area contributed by atoms with Crippen molar-refractivity contribution >= 4 is 17.6 Å². The van der Waals surface area contributed by atoms with E-state index in [4.69, 9.17) is 5.73 Å². The van der Waals surface area contributed by atoms with Gasteiger partial charge in [0.1, 0.15) is 28.3 Å². The van der Waals surface area contributed by atoms with Crippen LogP contribution in [0.1, 0.15) is 24.7 Å². The minimum absolute atomic E-state index is 0.315. The molecule has 0 spiro atoms. The number of aryl methyl sites for hydroxylation is 1. The lowest BCUT2D eigenvalue weighted by molar-refractivity contribution is 0.565. The number of hydrogen-bond donors (Lipinski definition) is 1. The van der Waals surface area contributed by atoms with Crippen LogP contribution in [0.15, 0.2) is 28.1 Å². The number of benzene rings is 1. The summed E-state index contributed by atoms with van der Waals surface area (Å²) in [5, 5.41) is 0.603. The van der Waals surface area contributed by atoms with Crippen LogP contribution >= 0.6 is 11.8 Å². The number of aromatic nitrogens is 2. The van der Waals surface area contributed by atoms with Crippen molar-refractivity contribution in [1.29, 1.82) is 0 Å². The van der Waals surface area contributed by atoms with Crippen LogP contribution in [0.2, 0.25) is 0 Å². The molecule has 0 unspecified atom stereocenters. The van der Waals surface area contributed by atoms with Crippen LogP contribution in [0.3, 0.4) is 0 Å². The van der Waals surface area contributed by atoms with E-state index in [1.54, 1.807) is 6.92 Å². The number of anilines is 1. The molecule has 0 saturated carbocycles. The molecule has 0 bridgehead atoms. The Kier molecular flexibility index (Phi) is 4.54. The summed E-state index contributed by atoms with van der Waals surface area (Å²) in [5.41, 5.74) is 6.56. The number of hydrogen-bond acceptors (Lipinski definition) is 4. The highest BCUT2D eigenvalue weighted by Gasteiger charge is 2.12. The SMILES string of the molecule is CCCc1nc(N)c(C)c(Sc2ccc(F)cc2F)n1. The molecule has 0 amide bonds. The van der Waals surface area contributed by atoms with E-state index in [1.807, 2.05) is 6.92 Å². The molecule has 0 atom stereocenters. The quantitative estimate of drug-likeness (QED) is 0.873. The fourth-order valence-electron chi connectivity index (χ4n) is 1.66. The van der Waals surface area contributed by atoms with E-state index in [-0.39, 0.29) is 0 Å². The fourth-order valence-corrected chi connectivity index (χ4v) is 2.56. The molecule has 0 aliphatic rings. The van der Waals surface area contributed by atoms with Gasteiger partial charge in [0.2, 0.25) is 0 Å². The van der Waals surface area contributed by atoms with Gasteiger partial charge in [-0.25, -0.2) is 18.7 Å². The van der Waals surface area contributed by atoms with E-state index in [0.717, 1.165) is 24.2 Å². The Balaban J connectivity index is 2.37. The van der Waals surface area contributed by atoms with Crippen molar-refractivity contribution in [1.82, 2.24) is 9.97 Å². The van der Waals surface area contributed by atoms with Crippen LogP contribution in [0.5, 0.6) is 0 Å². The van der Waals surface area contributed by atoms with Crippen LogP contribution in [0.25, 0.3) is 0 Å². The zero-order valence-electron chi connectivity index (χ0n) is 11.3. The first kappa shape index (κ1) is 14.7. The van der Waals surface area contributed by atoms with Gasteiger partial charge in [0.15, 0.2) is 0 Å². The van der Waals surface area contributed by atoms with E-state index >= 15 is 0 Å². The van der Waals surface area contributed by atoms with Gasteiger partial charge in [-0.15, -0.1) is 0 Å². The summed E-state index contributed by atoms with van der Waals surface area (Å²) in [4.78, 5) is 8.91. The Hall–Kier alpha value is -1.69. The lowest BCUT2D eigenvalue weighted by Crippen LogP contribution is -2.04. The van der Waals surface area contributed by atoms with Crippen molar-refractivity contribution in [2.75, 3.05) is 5.73 Å².